The minimum Gasteiger partial charge on any atom is -0.334 e. The average molecular weight is 261 g/mol. The third-order valence-corrected chi connectivity index (χ3v) is 3.50. The Labute approximate surface area is 113 Å². The SMILES string of the molecule is Cc1nc(CNCCc2ccc(F)cc2)n(C)c1C. The molecule has 0 atom stereocenters. The lowest BCUT2D eigenvalue weighted by Gasteiger charge is -2.06. The van der Waals surface area contributed by atoms with E-state index in [0.29, 0.717) is 0 Å². The van der Waals surface area contributed by atoms with Gasteiger partial charge in [0, 0.05) is 12.7 Å². The highest BCUT2D eigenvalue weighted by Crippen LogP contribution is 2.07. The van der Waals surface area contributed by atoms with Crippen molar-refractivity contribution in [1.82, 2.24) is 14.9 Å². The molecule has 0 saturated heterocycles. The molecule has 0 amide bonds. The maximum absolute atomic E-state index is 12.8. The van der Waals surface area contributed by atoms with Crippen molar-refractivity contribution < 1.29 is 4.39 Å². The zero-order valence-corrected chi connectivity index (χ0v) is 11.7. The van der Waals surface area contributed by atoms with E-state index in [0.717, 1.165) is 36.6 Å². The Morgan fingerprint density at radius 1 is 1.21 bits per heavy atom. The molecule has 1 N–H and O–H groups in total. The van der Waals surface area contributed by atoms with Crippen LogP contribution in [0.4, 0.5) is 4.39 Å². The molecular weight excluding hydrogens is 241 g/mol. The van der Waals surface area contributed by atoms with Gasteiger partial charge in [0.2, 0.25) is 0 Å². The van der Waals surface area contributed by atoms with E-state index in [1.165, 1.54) is 17.8 Å². The number of rotatable bonds is 5. The standard InChI is InChI=1S/C15H20FN3/c1-11-12(2)19(3)15(18-11)10-17-9-8-13-4-6-14(16)7-5-13/h4-7,17H,8-10H2,1-3H3. The summed E-state index contributed by atoms with van der Waals surface area (Å²) in [4.78, 5) is 4.52. The summed E-state index contributed by atoms with van der Waals surface area (Å²) in [5.41, 5.74) is 3.43. The first-order valence-corrected chi connectivity index (χ1v) is 6.52. The number of hydrogen-bond acceptors (Lipinski definition) is 2. The molecule has 0 saturated carbocycles. The average Bonchev–Trinajstić information content (AvgIpc) is 2.64. The van der Waals surface area contributed by atoms with Gasteiger partial charge in [0.25, 0.3) is 0 Å². The molecule has 19 heavy (non-hydrogen) atoms. The molecule has 1 aromatic carbocycles. The van der Waals surface area contributed by atoms with E-state index >= 15 is 0 Å². The Kier molecular flexibility index (Phi) is 4.32. The summed E-state index contributed by atoms with van der Waals surface area (Å²) in [6.07, 6.45) is 0.892. The van der Waals surface area contributed by atoms with E-state index in [-0.39, 0.29) is 5.82 Å². The van der Waals surface area contributed by atoms with Gasteiger partial charge in [-0.1, -0.05) is 12.1 Å². The van der Waals surface area contributed by atoms with Gasteiger partial charge in [-0.3, -0.25) is 0 Å². The van der Waals surface area contributed by atoms with Crippen molar-refractivity contribution >= 4 is 0 Å². The van der Waals surface area contributed by atoms with Crippen LogP contribution in [0.1, 0.15) is 22.8 Å². The van der Waals surface area contributed by atoms with Gasteiger partial charge in [0.1, 0.15) is 11.6 Å². The van der Waals surface area contributed by atoms with Crippen LogP contribution in [0.3, 0.4) is 0 Å². The Balaban J connectivity index is 1.80. The van der Waals surface area contributed by atoms with Crippen molar-refractivity contribution in [3.05, 3.63) is 52.9 Å². The number of aromatic nitrogens is 2. The largest absolute Gasteiger partial charge is 0.334 e. The minimum atomic E-state index is -0.185. The fourth-order valence-corrected chi connectivity index (χ4v) is 2.03. The molecule has 0 aliphatic rings. The number of aryl methyl sites for hydroxylation is 1. The third kappa shape index (κ3) is 3.41. The van der Waals surface area contributed by atoms with Crippen LogP contribution in [0.5, 0.6) is 0 Å². The lowest BCUT2D eigenvalue weighted by molar-refractivity contribution is 0.622. The maximum Gasteiger partial charge on any atom is 0.123 e. The minimum absolute atomic E-state index is 0.185. The lowest BCUT2D eigenvalue weighted by Crippen LogP contribution is -2.19. The molecule has 0 spiro atoms. The van der Waals surface area contributed by atoms with Crippen LogP contribution < -0.4 is 5.32 Å². The molecule has 1 aromatic heterocycles. The number of hydrogen-bond donors (Lipinski definition) is 1. The van der Waals surface area contributed by atoms with Crippen molar-refractivity contribution in [1.29, 1.82) is 0 Å². The van der Waals surface area contributed by atoms with Crippen LogP contribution in [0.25, 0.3) is 0 Å². The Bertz CT molecular complexity index is 543. The highest BCUT2D eigenvalue weighted by Gasteiger charge is 2.06. The van der Waals surface area contributed by atoms with E-state index in [1.54, 1.807) is 0 Å². The number of nitrogens with zero attached hydrogens (tertiary/aromatic N) is 2. The molecule has 1 heterocycles. The number of imidazole rings is 1. The summed E-state index contributed by atoms with van der Waals surface area (Å²) >= 11 is 0. The van der Waals surface area contributed by atoms with Crippen LogP contribution in [-0.4, -0.2) is 16.1 Å². The molecule has 2 aromatic rings. The molecule has 102 valence electrons. The van der Waals surface area contributed by atoms with Crippen molar-refractivity contribution in [3.63, 3.8) is 0 Å². The summed E-state index contributed by atoms with van der Waals surface area (Å²) in [6.45, 7) is 5.71. The zero-order valence-electron chi connectivity index (χ0n) is 11.7. The van der Waals surface area contributed by atoms with Crippen LogP contribution in [0.2, 0.25) is 0 Å². The maximum atomic E-state index is 12.8. The van der Waals surface area contributed by atoms with Gasteiger partial charge in [-0.15, -0.1) is 0 Å². The predicted octanol–water partition coefficient (Wildman–Crippen LogP) is 2.51. The molecule has 0 bridgehead atoms. The van der Waals surface area contributed by atoms with Crippen LogP contribution in [0, 0.1) is 19.7 Å². The smallest absolute Gasteiger partial charge is 0.123 e. The molecule has 0 aliphatic heterocycles. The fraction of sp³-hybridized carbons (Fsp3) is 0.400. The molecule has 4 heteroatoms. The van der Waals surface area contributed by atoms with E-state index < -0.39 is 0 Å². The second-order valence-corrected chi connectivity index (χ2v) is 4.81. The molecule has 0 unspecified atom stereocenters. The summed E-state index contributed by atoms with van der Waals surface area (Å²) in [6, 6.07) is 6.65. The molecule has 3 nitrogen and oxygen atoms in total. The topological polar surface area (TPSA) is 29.9 Å². The summed E-state index contributed by atoms with van der Waals surface area (Å²) < 4.78 is 14.9. The Morgan fingerprint density at radius 3 is 2.47 bits per heavy atom. The van der Waals surface area contributed by atoms with Gasteiger partial charge in [-0.25, -0.2) is 9.37 Å². The third-order valence-electron chi connectivity index (χ3n) is 3.50. The summed E-state index contributed by atoms with van der Waals surface area (Å²) in [7, 11) is 2.03. The highest BCUT2D eigenvalue weighted by molar-refractivity contribution is 5.16. The van der Waals surface area contributed by atoms with Gasteiger partial charge in [0.05, 0.1) is 12.2 Å². The van der Waals surface area contributed by atoms with E-state index in [4.69, 9.17) is 0 Å². The van der Waals surface area contributed by atoms with Crippen molar-refractivity contribution in [2.24, 2.45) is 7.05 Å². The first-order valence-electron chi connectivity index (χ1n) is 6.52. The van der Waals surface area contributed by atoms with Gasteiger partial charge < -0.3 is 9.88 Å². The van der Waals surface area contributed by atoms with E-state index in [1.807, 2.05) is 26.1 Å². The number of halogens is 1. The van der Waals surface area contributed by atoms with Gasteiger partial charge in [0.15, 0.2) is 0 Å². The normalized spacial score (nSPS) is 10.9. The van der Waals surface area contributed by atoms with Gasteiger partial charge >= 0.3 is 0 Å². The lowest BCUT2D eigenvalue weighted by atomic mass is 10.1. The number of benzene rings is 1. The second-order valence-electron chi connectivity index (χ2n) is 4.81. The summed E-state index contributed by atoms with van der Waals surface area (Å²) in [5, 5.41) is 3.37. The molecule has 0 fully saturated rings. The van der Waals surface area contributed by atoms with Crippen molar-refractivity contribution in [2.75, 3.05) is 6.54 Å². The second kappa shape index (κ2) is 5.97. The molecule has 0 radical (unpaired) electrons. The predicted molar refractivity (Wildman–Crippen MR) is 74.5 cm³/mol. The van der Waals surface area contributed by atoms with Crippen LogP contribution in [-0.2, 0) is 20.0 Å². The molecule has 0 aliphatic carbocycles. The number of nitrogens with one attached hydrogen (secondary N) is 1. The van der Waals surface area contributed by atoms with E-state index in [9.17, 15) is 4.39 Å². The van der Waals surface area contributed by atoms with Gasteiger partial charge in [-0.05, 0) is 44.5 Å². The monoisotopic (exact) mass is 261 g/mol. The Hall–Kier alpha value is -1.68. The van der Waals surface area contributed by atoms with E-state index in [2.05, 4.69) is 21.8 Å². The molecular formula is C15H20FN3. The van der Waals surface area contributed by atoms with Crippen LogP contribution in [0.15, 0.2) is 24.3 Å². The fourth-order valence-electron chi connectivity index (χ4n) is 2.03. The van der Waals surface area contributed by atoms with Gasteiger partial charge in [-0.2, -0.15) is 0 Å². The first kappa shape index (κ1) is 13.7. The zero-order chi connectivity index (χ0) is 13.8. The molecule has 2 rings (SSSR count). The quantitative estimate of drug-likeness (QED) is 0.838. The van der Waals surface area contributed by atoms with Crippen molar-refractivity contribution in [3.8, 4) is 0 Å². The summed E-state index contributed by atoms with van der Waals surface area (Å²) in [5.74, 6) is 0.866. The first-order chi connectivity index (χ1) is 9.08. The highest BCUT2D eigenvalue weighted by atomic mass is 19.1. The Morgan fingerprint density at radius 2 is 1.89 bits per heavy atom. The van der Waals surface area contributed by atoms with Crippen molar-refractivity contribution in [2.45, 2.75) is 26.8 Å². The van der Waals surface area contributed by atoms with Crippen LogP contribution >= 0.6 is 0 Å².